The van der Waals surface area contributed by atoms with Crippen molar-refractivity contribution >= 4 is 0 Å². The van der Waals surface area contributed by atoms with E-state index in [0.717, 1.165) is 6.54 Å². The number of nitrogens with zero attached hydrogens (tertiary/aromatic N) is 1. The summed E-state index contributed by atoms with van der Waals surface area (Å²) in [5.41, 5.74) is 8.70. The van der Waals surface area contributed by atoms with Crippen LogP contribution in [-0.4, -0.2) is 32.1 Å². The molecule has 1 aromatic rings. The minimum Gasteiger partial charge on any atom is -0.380 e. The lowest BCUT2D eigenvalue weighted by Crippen LogP contribution is -2.36. The first-order valence-electron chi connectivity index (χ1n) is 6.85. The van der Waals surface area contributed by atoms with Gasteiger partial charge in [0.05, 0.1) is 6.61 Å². The van der Waals surface area contributed by atoms with E-state index in [1.54, 1.807) is 7.11 Å². The van der Waals surface area contributed by atoms with Crippen molar-refractivity contribution in [2.24, 2.45) is 11.1 Å². The molecule has 1 aromatic carbocycles. The number of hydrogen-bond acceptors (Lipinski definition) is 3. The second-order valence-corrected chi connectivity index (χ2v) is 6.40. The van der Waals surface area contributed by atoms with Gasteiger partial charge in [0.15, 0.2) is 0 Å². The Bertz CT molecular complexity index is 367. The number of nitrogens with two attached hydrogens (primary N) is 1. The maximum absolute atomic E-state index is 5.95. The summed E-state index contributed by atoms with van der Waals surface area (Å²) in [6, 6.07) is 8.82. The normalized spacial score (nSPS) is 13.8. The Labute approximate surface area is 117 Å². The quantitative estimate of drug-likeness (QED) is 0.858. The van der Waals surface area contributed by atoms with E-state index in [1.165, 1.54) is 11.1 Å². The third kappa shape index (κ3) is 5.31. The standard InChI is InChI=1S/C16H28N2O/c1-16(2,3)12-18(4)15(10-17)14-8-6-13(7-9-14)11-19-5/h6-9,15H,10-12,17H2,1-5H3. The molecule has 3 nitrogen and oxygen atoms in total. The van der Waals surface area contributed by atoms with Crippen molar-refractivity contribution in [3.63, 3.8) is 0 Å². The van der Waals surface area contributed by atoms with Crippen molar-refractivity contribution in [1.82, 2.24) is 4.90 Å². The van der Waals surface area contributed by atoms with Gasteiger partial charge in [-0.05, 0) is 23.6 Å². The molecule has 3 heteroatoms. The molecule has 108 valence electrons. The molecule has 0 saturated heterocycles. The highest BCUT2D eigenvalue weighted by atomic mass is 16.5. The Morgan fingerprint density at radius 1 is 1.21 bits per heavy atom. The summed E-state index contributed by atoms with van der Waals surface area (Å²) < 4.78 is 5.13. The van der Waals surface area contributed by atoms with Crippen LogP contribution in [0.2, 0.25) is 0 Å². The van der Waals surface area contributed by atoms with Crippen molar-refractivity contribution in [1.29, 1.82) is 0 Å². The zero-order valence-electron chi connectivity index (χ0n) is 12.9. The molecule has 2 N–H and O–H groups in total. The van der Waals surface area contributed by atoms with Crippen LogP contribution in [0.3, 0.4) is 0 Å². The van der Waals surface area contributed by atoms with Gasteiger partial charge >= 0.3 is 0 Å². The number of ether oxygens (including phenoxy) is 1. The average molecular weight is 264 g/mol. The van der Waals surface area contributed by atoms with Crippen LogP contribution >= 0.6 is 0 Å². The van der Waals surface area contributed by atoms with Crippen LogP contribution in [0.15, 0.2) is 24.3 Å². The maximum Gasteiger partial charge on any atom is 0.0713 e. The van der Waals surface area contributed by atoms with E-state index in [1.807, 2.05) is 0 Å². The number of rotatable bonds is 6. The Kier molecular flexibility index (Phi) is 5.98. The van der Waals surface area contributed by atoms with Gasteiger partial charge in [-0.15, -0.1) is 0 Å². The van der Waals surface area contributed by atoms with Crippen molar-refractivity contribution in [2.75, 3.05) is 27.2 Å². The first kappa shape index (κ1) is 16.2. The van der Waals surface area contributed by atoms with Crippen LogP contribution in [0, 0.1) is 5.41 Å². The SMILES string of the molecule is COCc1ccc(C(CN)N(C)CC(C)(C)C)cc1. The van der Waals surface area contributed by atoms with Crippen LogP contribution in [0.25, 0.3) is 0 Å². The molecular formula is C16H28N2O. The van der Waals surface area contributed by atoms with Gasteiger partial charge in [0.25, 0.3) is 0 Å². The molecule has 0 aliphatic heterocycles. The topological polar surface area (TPSA) is 38.5 Å². The fraction of sp³-hybridized carbons (Fsp3) is 0.625. The summed E-state index contributed by atoms with van der Waals surface area (Å²) in [4.78, 5) is 2.34. The monoisotopic (exact) mass is 264 g/mol. The lowest BCUT2D eigenvalue weighted by atomic mass is 9.94. The molecule has 0 spiro atoms. The Morgan fingerprint density at radius 2 is 1.79 bits per heavy atom. The van der Waals surface area contributed by atoms with E-state index >= 15 is 0 Å². The molecule has 0 aliphatic rings. The van der Waals surface area contributed by atoms with Crippen molar-refractivity contribution in [3.8, 4) is 0 Å². The Hall–Kier alpha value is -0.900. The van der Waals surface area contributed by atoms with Crippen LogP contribution in [-0.2, 0) is 11.3 Å². The third-order valence-corrected chi connectivity index (χ3v) is 3.15. The number of likely N-dealkylation sites (N-methyl/N-ethyl adjacent to an activating group) is 1. The van der Waals surface area contributed by atoms with E-state index in [4.69, 9.17) is 10.5 Å². The zero-order valence-corrected chi connectivity index (χ0v) is 12.9. The average Bonchev–Trinajstić information content (AvgIpc) is 2.30. The van der Waals surface area contributed by atoms with Gasteiger partial charge in [-0.1, -0.05) is 45.0 Å². The molecule has 0 fully saturated rings. The largest absolute Gasteiger partial charge is 0.380 e. The van der Waals surface area contributed by atoms with E-state index in [0.29, 0.717) is 13.2 Å². The molecule has 0 aromatic heterocycles. The van der Waals surface area contributed by atoms with Crippen molar-refractivity contribution < 1.29 is 4.74 Å². The van der Waals surface area contributed by atoms with E-state index in [2.05, 4.69) is 57.0 Å². The highest BCUT2D eigenvalue weighted by Gasteiger charge is 2.20. The highest BCUT2D eigenvalue weighted by Crippen LogP contribution is 2.23. The van der Waals surface area contributed by atoms with Crippen LogP contribution in [0.5, 0.6) is 0 Å². The summed E-state index contributed by atoms with van der Waals surface area (Å²) in [7, 11) is 3.86. The molecule has 0 saturated carbocycles. The number of methoxy groups -OCH3 is 1. The Morgan fingerprint density at radius 3 is 2.21 bits per heavy atom. The predicted octanol–water partition coefficient (Wildman–Crippen LogP) is 2.81. The molecular weight excluding hydrogens is 236 g/mol. The molecule has 1 atom stereocenters. The second kappa shape index (κ2) is 7.04. The summed E-state index contributed by atoms with van der Waals surface area (Å²) in [6.07, 6.45) is 0. The predicted molar refractivity (Wildman–Crippen MR) is 81.0 cm³/mol. The van der Waals surface area contributed by atoms with Crippen molar-refractivity contribution in [3.05, 3.63) is 35.4 Å². The van der Waals surface area contributed by atoms with Gasteiger partial charge in [-0.25, -0.2) is 0 Å². The maximum atomic E-state index is 5.95. The van der Waals surface area contributed by atoms with Gasteiger partial charge in [-0.3, -0.25) is 4.90 Å². The van der Waals surface area contributed by atoms with Gasteiger partial charge in [-0.2, -0.15) is 0 Å². The summed E-state index contributed by atoms with van der Waals surface area (Å²) in [5, 5.41) is 0. The molecule has 1 unspecified atom stereocenters. The third-order valence-electron chi connectivity index (χ3n) is 3.15. The second-order valence-electron chi connectivity index (χ2n) is 6.40. The molecule has 1 rings (SSSR count). The van der Waals surface area contributed by atoms with Gasteiger partial charge in [0.1, 0.15) is 0 Å². The zero-order chi connectivity index (χ0) is 14.5. The minimum atomic E-state index is 0.274. The fourth-order valence-electron chi connectivity index (χ4n) is 2.43. The molecule has 0 aliphatic carbocycles. The minimum absolute atomic E-state index is 0.274. The van der Waals surface area contributed by atoms with Crippen LogP contribution in [0.1, 0.15) is 37.9 Å². The number of benzene rings is 1. The smallest absolute Gasteiger partial charge is 0.0713 e. The first-order valence-corrected chi connectivity index (χ1v) is 6.85. The lowest BCUT2D eigenvalue weighted by Gasteiger charge is -2.33. The lowest BCUT2D eigenvalue weighted by molar-refractivity contribution is 0.175. The first-order chi connectivity index (χ1) is 8.87. The molecule has 0 radical (unpaired) electrons. The van der Waals surface area contributed by atoms with Gasteiger partial charge in [0.2, 0.25) is 0 Å². The van der Waals surface area contributed by atoms with Gasteiger partial charge in [0, 0.05) is 26.2 Å². The van der Waals surface area contributed by atoms with Crippen LogP contribution in [0.4, 0.5) is 0 Å². The highest BCUT2D eigenvalue weighted by molar-refractivity contribution is 5.25. The van der Waals surface area contributed by atoms with Crippen LogP contribution < -0.4 is 5.73 Å². The van der Waals surface area contributed by atoms with E-state index < -0.39 is 0 Å². The summed E-state index contributed by atoms with van der Waals surface area (Å²) in [5.74, 6) is 0. The molecule has 0 bridgehead atoms. The van der Waals surface area contributed by atoms with Crippen molar-refractivity contribution in [2.45, 2.75) is 33.4 Å². The fourth-order valence-corrected chi connectivity index (χ4v) is 2.43. The number of hydrogen-bond donors (Lipinski definition) is 1. The van der Waals surface area contributed by atoms with E-state index in [-0.39, 0.29) is 11.5 Å². The van der Waals surface area contributed by atoms with Gasteiger partial charge < -0.3 is 10.5 Å². The summed E-state index contributed by atoms with van der Waals surface area (Å²) >= 11 is 0. The molecule has 0 amide bonds. The molecule has 0 heterocycles. The summed E-state index contributed by atoms with van der Waals surface area (Å²) in [6.45, 7) is 9.06. The Balaban J connectivity index is 2.78. The molecule has 19 heavy (non-hydrogen) atoms. The van der Waals surface area contributed by atoms with E-state index in [9.17, 15) is 0 Å².